The molecule has 0 spiro atoms. The summed E-state index contributed by atoms with van der Waals surface area (Å²) in [4.78, 5) is 3.53. The zero-order valence-electron chi connectivity index (χ0n) is 11.0. The number of nitrogens with zero attached hydrogens (tertiary/aromatic N) is 2. The van der Waals surface area contributed by atoms with Crippen LogP contribution in [0.1, 0.15) is 18.4 Å². The molecule has 0 bridgehead atoms. The summed E-state index contributed by atoms with van der Waals surface area (Å²) in [6.45, 7) is 0.944. The topological polar surface area (TPSA) is 47.9 Å². The van der Waals surface area contributed by atoms with E-state index in [2.05, 4.69) is 10.4 Å². The molecule has 2 aliphatic rings. The van der Waals surface area contributed by atoms with E-state index in [1.165, 1.54) is 0 Å². The van der Waals surface area contributed by atoms with Crippen molar-refractivity contribution in [3.63, 3.8) is 0 Å². The fourth-order valence-electron chi connectivity index (χ4n) is 2.60. The minimum Gasteiger partial charge on any atom is -0.386 e. The third-order valence-corrected chi connectivity index (χ3v) is 5.10. The highest BCUT2D eigenvalue weighted by Crippen LogP contribution is 2.52. The Balaban J connectivity index is 1.81. The molecular formula is C14H17Cl2N3O. The highest BCUT2D eigenvalue weighted by molar-refractivity contribution is 6.31. The Labute approximate surface area is 128 Å². The second kappa shape index (κ2) is 5.19. The number of aliphatic hydroxyl groups is 1. The maximum atomic E-state index is 11.1. The Kier molecular flexibility index (Phi) is 3.67. The van der Waals surface area contributed by atoms with Crippen LogP contribution in [0.15, 0.2) is 29.3 Å². The molecule has 1 heterocycles. The molecular weight excluding hydrogens is 297 g/mol. The average Bonchev–Trinajstić information content (AvgIpc) is 2.98. The van der Waals surface area contributed by atoms with Crippen LogP contribution >= 0.6 is 23.2 Å². The lowest BCUT2D eigenvalue weighted by molar-refractivity contribution is -0.0104. The van der Waals surface area contributed by atoms with Crippen LogP contribution in [0, 0.1) is 0 Å². The smallest absolute Gasteiger partial charge is 0.110 e. The van der Waals surface area contributed by atoms with Gasteiger partial charge < -0.3 is 10.5 Å². The first kappa shape index (κ1) is 14.1. The molecule has 4 nitrogen and oxygen atoms in total. The molecule has 1 aromatic carbocycles. The number of hydrazine groups is 1. The summed E-state index contributed by atoms with van der Waals surface area (Å²) < 4.78 is 0. The van der Waals surface area contributed by atoms with Gasteiger partial charge in [-0.1, -0.05) is 29.8 Å². The van der Waals surface area contributed by atoms with Crippen molar-refractivity contribution in [1.82, 2.24) is 10.4 Å². The number of β-amino-alcohol motifs (C(OH)–C–C–N with tert-alkyl or cyclic N) is 1. The molecule has 3 rings (SSSR count). The largest absolute Gasteiger partial charge is 0.386 e. The number of benzene rings is 1. The second-order valence-corrected chi connectivity index (χ2v) is 6.68. The van der Waals surface area contributed by atoms with Gasteiger partial charge in [-0.25, -0.2) is 0 Å². The first-order valence-electron chi connectivity index (χ1n) is 6.67. The van der Waals surface area contributed by atoms with Crippen LogP contribution in [-0.2, 0) is 6.42 Å². The van der Waals surface area contributed by atoms with Crippen LogP contribution in [0.2, 0.25) is 5.02 Å². The highest BCUT2D eigenvalue weighted by Gasteiger charge is 2.58. The third-order valence-electron chi connectivity index (χ3n) is 4.00. The first-order valence-corrected chi connectivity index (χ1v) is 7.42. The van der Waals surface area contributed by atoms with Crippen molar-refractivity contribution in [2.75, 3.05) is 13.2 Å². The van der Waals surface area contributed by atoms with E-state index in [1.54, 1.807) is 6.34 Å². The van der Waals surface area contributed by atoms with E-state index in [4.69, 9.17) is 23.2 Å². The third kappa shape index (κ3) is 2.66. The molecule has 2 N–H and O–H groups in total. The van der Waals surface area contributed by atoms with E-state index in [0.717, 1.165) is 18.4 Å². The standard InChI is InChI=1S/C14H17Cl2N3O/c15-12-4-2-1-3-11(12)7-14(20,13(16)5-6-13)8-19-10-17-9-18-19/h1-4,9,20H,5-8,10H2,(H,17,18)/t14-/m0/s1. The molecule has 1 aliphatic carbocycles. The summed E-state index contributed by atoms with van der Waals surface area (Å²) in [5.74, 6) is 0. The molecule has 0 aromatic heterocycles. The molecule has 1 aliphatic heterocycles. The number of nitrogens with one attached hydrogen (secondary N) is 1. The summed E-state index contributed by atoms with van der Waals surface area (Å²) in [7, 11) is 0. The van der Waals surface area contributed by atoms with Crippen LogP contribution in [0.4, 0.5) is 0 Å². The summed E-state index contributed by atoms with van der Waals surface area (Å²) in [5, 5.41) is 13.6. The molecule has 108 valence electrons. The molecule has 6 heteroatoms. The molecule has 0 saturated heterocycles. The van der Waals surface area contributed by atoms with E-state index in [0.29, 0.717) is 24.7 Å². The van der Waals surface area contributed by atoms with Crippen LogP contribution < -0.4 is 5.43 Å². The van der Waals surface area contributed by atoms with E-state index in [9.17, 15) is 5.11 Å². The number of halogens is 2. The monoisotopic (exact) mass is 313 g/mol. The summed E-state index contributed by atoms with van der Waals surface area (Å²) in [6.07, 6.45) is 3.71. The molecule has 1 atom stereocenters. The van der Waals surface area contributed by atoms with E-state index >= 15 is 0 Å². The molecule has 20 heavy (non-hydrogen) atoms. The second-order valence-electron chi connectivity index (χ2n) is 5.55. The van der Waals surface area contributed by atoms with E-state index in [1.807, 2.05) is 29.3 Å². The molecule has 0 unspecified atom stereocenters. The normalized spacial score (nSPS) is 23.4. The van der Waals surface area contributed by atoms with Crippen molar-refractivity contribution < 1.29 is 5.11 Å². The fourth-order valence-corrected chi connectivity index (χ4v) is 3.03. The summed E-state index contributed by atoms with van der Waals surface area (Å²) in [6, 6.07) is 7.58. The van der Waals surface area contributed by atoms with Crippen molar-refractivity contribution in [3.05, 3.63) is 34.9 Å². The number of alkyl halides is 1. The van der Waals surface area contributed by atoms with Crippen LogP contribution in [0.25, 0.3) is 0 Å². The maximum Gasteiger partial charge on any atom is 0.110 e. The van der Waals surface area contributed by atoms with Crippen molar-refractivity contribution in [2.45, 2.75) is 29.7 Å². The molecule has 0 amide bonds. The minimum absolute atomic E-state index is 0.418. The predicted octanol–water partition coefficient (Wildman–Crippen LogP) is 2.19. The average molecular weight is 314 g/mol. The number of hydrogen-bond acceptors (Lipinski definition) is 4. The van der Waals surface area contributed by atoms with Crippen molar-refractivity contribution in [1.29, 1.82) is 0 Å². The van der Waals surface area contributed by atoms with Gasteiger partial charge >= 0.3 is 0 Å². The summed E-state index contributed by atoms with van der Waals surface area (Å²) >= 11 is 12.8. The quantitative estimate of drug-likeness (QED) is 0.819. The molecule has 1 saturated carbocycles. The van der Waals surface area contributed by atoms with Gasteiger partial charge in [0.2, 0.25) is 0 Å². The molecule has 0 radical (unpaired) electrons. The first-order chi connectivity index (χ1) is 9.52. The molecule has 1 fully saturated rings. The van der Waals surface area contributed by atoms with Gasteiger partial charge in [-0.15, -0.1) is 11.6 Å². The van der Waals surface area contributed by atoms with Gasteiger partial charge in [-0.3, -0.25) is 4.99 Å². The van der Waals surface area contributed by atoms with Crippen molar-refractivity contribution >= 4 is 29.5 Å². The Morgan fingerprint density at radius 1 is 1.40 bits per heavy atom. The SMILES string of the molecule is O[C@@](Cc1ccccc1Cl)(CN1CN=CN1)C1(Cl)CC1. The van der Waals surface area contributed by atoms with Crippen molar-refractivity contribution in [3.8, 4) is 0 Å². The van der Waals surface area contributed by atoms with E-state index in [-0.39, 0.29) is 0 Å². The number of hydrogen-bond donors (Lipinski definition) is 2. The Bertz CT molecular complexity index is 525. The van der Waals surface area contributed by atoms with Crippen LogP contribution in [0.5, 0.6) is 0 Å². The maximum absolute atomic E-state index is 11.1. The van der Waals surface area contributed by atoms with Gasteiger partial charge in [0.15, 0.2) is 0 Å². The lowest BCUT2D eigenvalue weighted by Crippen LogP contribution is -2.54. The molecule has 1 aromatic rings. The number of aliphatic imine (C=N–C) groups is 1. The fraction of sp³-hybridized carbons (Fsp3) is 0.500. The zero-order chi connectivity index (χ0) is 14.2. The van der Waals surface area contributed by atoms with Gasteiger partial charge in [-0.05, 0) is 24.5 Å². The Morgan fingerprint density at radius 2 is 2.15 bits per heavy atom. The van der Waals surface area contributed by atoms with Crippen molar-refractivity contribution in [2.24, 2.45) is 4.99 Å². The van der Waals surface area contributed by atoms with Crippen LogP contribution in [-0.4, -0.2) is 40.1 Å². The van der Waals surface area contributed by atoms with Gasteiger partial charge in [0.25, 0.3) is 0 Å². The van der Waals surface area contributed by atoms with Gasteiger partial charge in [0.05, 0.1) is 17.8 Å². The lowest BCUT2D eigenvalue weighted by atomic mass is 9.88. The van der Waals surface area contributed by atoms with Crippen LogP contribution in [0.3, 0.4) is 0 Å². The zero-order valence-corrected chi connectivity index (χ0v) is 12.5. The number of rotatable bonds is 5. The van der Waals surface area contributed by atoms with Gasteiger partial charge in [-0.2, -0.15) is 5.01 Å². The predicted molar refractivity (Wildman–Crippen MR) is 81.1 cm³/mol. The Morgan fingerprint density at radius 3 is 2.75 bits per heavy atom. The highest BCUT2D eigenvalue weighted by atomic mass is 35.5. The Hall–Kier alpha value is -0.810. The summed E-state index contributed by atoms with van der Waals surface area (Å²) in [5.41, 5.74) is 2.90. The lowest BCUT2D eigenvalue weighted by Gasteiger charge is -2.36. The van der Waals surface area contributed by atoms with E-state index < -0.39 is 10.5 Å². The van der Waals surface area contributed by atoms with Gasteiger partial charge in [0, 0.05) is 11.4 Å². The minimum atomic E-state index is -1.03. The van der Waals surface area contributed by atoms with Gasteiger partial charge in [0.1, 0.15) is 12.3 Å².